The fourth-order valence-corrected chi connectivity index (χ4v) is 5.11. The van der Waals surface area contributed by atoms with Crippen LogP contribution < -0.4 is 4.87 Å². The number of nitrogens with one attached hydrogen (secondary N) is 1. The van der Waals surface area contributed by atoms with Crippen LogP contribution in [0.15, 0.2) is 9.00 Å². The molecule has 0 unspecified atom stereocenters. The van der Waals surface area contributed by atoms with Crippen molar-refractivity contribution in [1.82, 2.24) is 14.2 Å². The van der Waals surface area contributed by atoms with Crippen molar-refractivity contribution in [2.75, 3.05) is 26.2 Å². The highest BCUT2D eigenvalue weighted by atomic mass is 32.2. The van der Waals surface area contributed by atoms with E-state index in [1.807, 2.05) is 0 Å². The van der Waals surface area contributed by atoms with Gasteiger partial charge in [0, 0.05) is 38.8 Å². The predicted molar refractivity (Wildman–Crippen MR) is 75.3 cm³/mol. The van der Waals surface area contributed by atoms with E-state index in [0.717, 1.165) is 0 Å². The first-order valence-corrected chi connectivity index (χ1v) is 8.53. The van der Waals surface area contributed by atoms with Crippen molar-refractivity contribution in [1.29, 1.82) is 0 Å². The fraction of sp³-hybridized carbons (Fsp3) is 0.636. The molecule has 1 aromatic heterocycles. The first-order chi connectivity index (χ1) is 9.32. The van der Waals surface area contributed by atoms with Crippen LogP contribution >= 0.6 is 11.3 Å². The molecular formula is C11H17N3O4S2. The van der Waals surface area contributed by atoms with Gasteiger partial charge >= 0.3 is 4.87 Å². The lowest BCUT2D eigenvalue weighted by molar-refractivity contribution is -0.128. The SMILES string of the molecule is CC(=O)N1CCCN(S(=O)(=O)c2sc(=O)[nH]c2C)CC1. The summed E-state index contributed by atoms with van der Waals surface area (Å²) in [5.74, 6) is -0.0493. The third kappa shape index (κ3) is 2.94. The molecule has 0 bridgehead atoms. The maximum Gasteiger partial charge on any atom is 0.305 e. The second-order valence-electron chi connectivity index (χ2n) is 4.69. The van der Waals surface area contributed by atoms with Gasteiger partial charge in [0.15, 0.2) is 4.21 Å². The summed E-state index contributed by atoms with van der Waals surface area (Å²) >= 11 is 0.708. The van der Waals surface area contributed by atoms with E-state index in [1.165, 1.54) is 11.2 Å². The van der Waals surface area contributed by atoms with Gasteiger partial charge in [-0.25, -0.2) is 8.42 Å². The predicted octanol–water partition coefficient (Wildman–Crippen LogP) is -0.0123. The van der Waals surface area contributed by atoms with Crippen LogP contribution in [-0.2, 0) is 14.8 Å². The summed E-state index contributed by atoms with van der Waals surface area (Å²) in [6.45, 7) is 4.61. The number of amides is 1. The number of nitrogens with zero attached hydrogens (tertiary/aromatic N) is 2. The quantitative estimate of drug-likeness (QED) is 0.830. The molecule has 0 aliphatic carbocycles. The molecule has 1 aliphatic heterocycles. The molecule has 1 fully saturated rings. The van der Waals surface area contributed by atoms with Crippen LogP contribution in [0.1, 0.15) is 19.0 Å². The number of hydrogen-bond donors (Lipinski definition) is 1. The Morgan fingerprint density at radius 2 is 1.95 bits per heavy atom. The van der Waals surface area contributed by atoms with E-state index in [2.05, 4.69) is 4.98 Å². The zero-order chi connectivity index (χ0) is 14.9. The molecule has 0 aromatic carbocycles. The Labute approximate surface area is 121 Å². The van der Waals surface area contributed by atoms with Crippen LogP contribution in [-0.4, -0.2) is 54.7 Å². The molecular weight excluding hydrogens is 302 g/mol. The highest BCUT2D eigenvalue weighted by molar-refractivity contribution is 7.91. The Morgan fingerprint density at radius 3 is 2.50 bits per heavy atom. The summed E-state index contributed by atoms with van der Waals surface area (Å²) in [5.41, 5.74) is 0.368. The van der Waals surface area contributed by atoms with Crippen LogP contribution in [0.5, 0.6) is 0 Å². The van der Waals surface area contributed by atoms with Gasteiger partial charge in [0.05, 0.1) is 0 Å². The van der Waals surface area contributed by atoms with Crippen LogP contribution in [0, 0.1) is 6.92 Å². The van der Waals surface area contributed by atoms with E-state index < -0.39 is 10.0 Å². The minimum absolute atomic E-state index is 0.0493. The minimum atomic E-state index is -3.66. The van der Waals surface area contributed by atoms with Crippen molar-refractivity contribution >= 4 is 27.3 Å². The summed E-state index contributed by atoms with van der Waals surface area (Å²) in [5, 5.41) is 0. The molecule has 0 atom stereocenters. The maximum absolute atomic E-state index is 12.5. The second kappa shape index (κ2) is 5.66. The molecule has 7 nitrogen and oxygen atoms in total. The topological polar surface area (TPSA) is 90.6 Å². The summed E-state index contributed by atoms with van der Waals surface area (Å²) < 4.78 is 26.5. The number of thiazole rings is 1. The van der Waals surface area contributed by atoms with E-state index in [-0.39, 0.29) is 21.5 Å². The first-order valence-electron chi connectivity index (χ1n) is 6.28. The number of aryl methyl sites for hydroxylation is 1. The summed E-state index contributed by atoms with van der Waals surface area (Å²) in [6.07, 6.45) is 0.594. The first kappa shape index (κ1) is 15.2. The van der Waals surface area contributed by atoms with Gasteiger partial charge in [0.25, 0.3) is 10.0 Å². The molecule has 1 amide bonds. The van der Waals surface area contributed by atoms with E-state index in [0.29, 0.717) is 43.1 Å². The third-order valence-corrected chi connectivity index (χ3v) is 6.74. The van der Waals surface area contributed by atoms with Gasteiger partial charge in [-0.1, -0.05) is 11.3 Å². The van der Waals surface area contributed by atoms with Gasteiger partial charge < -0.3 is 9.88 Å². The monoisotopic (exact) mass is 319 g/mol. The Balaban J connectivity index is 2.24. The molecule has 0 spiro atoms. The normalized spacial score (nSPS) is 18.0. The number of rotatable bonds is 2. The standard InChI is InChI=1S/C11H17N3O4S2/c1-8-10(19-11(16)12-8)20(17,18)14-5-3-4-13(6-7-14)9(2)15/h3-7H2,1-2H3,(H,12,16). The second-order valence-corrected chi connectivity index (χ2v) is 7.81. The number of carbonyl (C=O) groups is 1. The Kier molecular flexibility index (Phi) is 4.31. The van der Waals surface area contributed by atoms with Gasteiger partial charge in [0.1, 0.15) is 0 Å². The Morgan fingerprint density at radius 1 is 1.25 bits per heavy atom. The molecule has 1 aromatic rings. The average Bonchev–Trinajstić information content (AvgIpc) is 2.59. The molecule has 2 heterocycles. The van der Waals surface area contributed by atoms with E-state index in [4.69, 9.17) is 0 Å². The number of sulfonamides is 1. The zero-order valence-corrected chi connectivity index (χ0v) is 13.0. The molecule has 9 heteroatoms. The van der Waals surface area contributed by atoms with Crippen molar-refractivity contribution in [3.8, 4) is 0 Å². The molecule has 0 saturated carbocycles. The van der Waals surface area contributed by atoms with Crippen LogP contribution in [0.25, 0.3) is 0 Å². The lowest BCUT2D eigenvalue weighted by atomic mass is 10.4. The number of aromatic amines is 1. The van der Waals surface area contributed by atoms with E-state index in [1.54, 1.807) is 11.8 Å². The third-order valence-electron chi connectivity index (χ3n) is 3.26. The summed E-state index contributed by atoms with van der Waals surface area (Å²) in [6, 6.07) is 0. The summed E-state index contributed by atoms with van der Waals surface area (Å²) in [7, 11) is -3.66. The number of carbonyl (C=O) groups excluding carboxylic acids is 1. The van der Waals surface area contributed by atoms with Crippen molar-refractivity contribution in [2.24, 2.45) is 0 Å². The lowest BCUT2D eigenvalue weighted by Crippen LogP contribution is -2.36. The number of hydrogen-bond acceptors (Lipinski definition) is 5. The van der Waals surface area contributed by atoms with Gasteiger partial charge in [-0.05, 0) is 13.3 Å². The molecule has 1 saturated heterocycles. The molecule has 1 N–H and O–H groups in total. The van der Waals surface area contributed by atoms with Gasteiger partial charge in [0.2, 0.25) is 5.91 Å². The summed E-state index contributed by atoms with van der Waals surface area (Å²) in [4.78, 5) is 26.4. The minimum Gasteiger partial charge on any atom is -0.342 e. The number of H-pyrrole nitrogens is 1. The fourth-order valence-electron chi connectivity index (χ4n) is 2.20. The maximum atomic E-state index is 12.5. The Bertz CT molecular complexity index is 661. The van der Waals surface area contributed by atoms with Gasteiger partial charge in [-0.2, -0.15) is 4.31 Å². The largest absolute Gasteiger partial charge is 0.342 e. The molecule has 20 heavy (non-hydrogen) atoms. The van der Waals surface area contributed by atoms with Crippen LogP contribution in [0.3, 0.4) is 0 Å². The molecule has 1 aliphatic rings. The average molecular weight is 319 g/mol. The van der Waals surface area contributed by atoms with Gasteiger partial charge in [-0.15, -0.1) is 0 Å². The molecule has 112 valence electrons. The zero-order valence-electron chi connectivity index (χ0n) is 11.4. The number of aromatic nitrogens is 1. The highest BCUT2D eigenvalue weighted by Gasteiger charge is 2.30. The Hall–Kier alpha value is -1.19. The highest BCUT2D eigenvalue weighted by Crippen LogP contribution is 2.22. The van der Waals surface area contributed by atoms with Gasteiger partial charge in [-0.3, -0.25) is 9.59 Å². The van der Waals surface area contributed by atoms with Crippen molar-refractivity contribution in [2.45, 2.75) is 24.5 Å². The van der Waals surface area contributed by atoms with Crippen molar-refractivity contribution < 1.29 is 13.2 Å². The van der Waals surface area contributed by atoms with Crippen molar-refractivity contribution in [3.05, 3.63) is 15.4 Å². The van der Waals surface area contributed by atoms with E-state index in [9.17, 15) is 18.0 Å². The van der Waals surface area contributed by atoms with Crippen LogP contribution in [0.4, 0.5) is 0 Å². The smallest absolute Gasteiger partial charge is 0.305 e. The molecule has 0 radical (unpaired) electrons. The van der Waals surface area contributed by atoms with Crippen LogP contribution in [0.2, 0.25) is 0 Å². The van der Waals surface area contributed by atoms with E-state index >= 15 is 0 Å². The molecule has 2 rings (SSSR count). The lowest BCUT2D eigenvalue weighted by Gasteiger charge is -2.20. The van der Waals surface area contributed by atoms with Crippen molar-refractivity contribution in [3.63, 3.8) is 0 Å².